The van der Waals surface area contributed by atoms with Gasteiger partial charge in [-0.3, -0.25) is 4.79 Å². The summed E-state index contributed by atoms with van der Waals surface area (Å²) < 4.78 is 0. The van der Waals surface area contributed by atoms with Crippen LogP contribution in [0.2, 0.25) is 5.15 Å². The smallest absolute Gasteiger partial charge is 0.165 e. The van der Waals surface area contributed by atoms with E-state index in [1.165, 1.54) is 6.20 Å². The average Bonchev–Trinajstić information content (AvgIpc) is 1.89. The molecule has 9 heavy (non-hydrogen) atoms. The van der Waals surface area contributed by atoms with Crippen LogP contribution in [0.15, 0.2) is 6.20 Å². The van der Waals surface area contributed by atoms with Gasteiger partial charge in [-0.2, -0.15) is 0 Å². The standard InChI is InChI=1S/C4H2ClN3O/c5-4-3(2-9)1-6-8-7-4/h1-2H. The fourth-order valence-electron chi connectivity index (χ4n) is 0.343. The largest absolute Gasteiger partial charge is 0.298 e. The zero-order valence-corrected chi connectivity index (χ0v) is 5.04. The van der Waals surface area contributed by atoms with Crippen LogP contribution in [-0.2, 0) is 0 Å². The summed E-state index contributed by atoms with van der Waals surface area (Å²) in [6.45, 7) is 0. The number of aromatic nitrogens is 3. The van der Waals surface area contributed by atoms with Crippen molar-refractivity contribution in [3.05, 3.63) is 16.9 Å². The average molecular weight is 144 g/mol. The van der Waals surface area contributed by atoms with Crippen molar-refractivity contribution in [1.29, 1.82) is 0 Å². The lowest BCUT2D eigenvalue weighted by molar-refractivity contribution is 0.112. The number of hydrogen-bond acceptors (Lipinski definition) is 4. The Kier molecular flexibility index (Phi) is 1.69. The quantitative estimate of drug-likeness (QED) is 0.532. The molecule has 1 heterocycles. The van der Waals surface area contributed by atoms with Gasteiger partial charge in [0.15, 0.2) is 11.4 Å². The van der Waals surface area contributed by atoms with Crippen LogP contribution in [0.1, 0.15) is 10.4 Å². The summed E-state index contributed by atoms with van der Waals surface area (Å²) in [5.74, 6) is 0. The highest BCUT2D eigenvalue weighted by Gasteiger charge is 1.97. The second-order valence-electron chi connectivity index (χ2n) is 1.30. The van der Waals surface area contributed by atoms with Gasteiger partial charge in [0.2, 0.25) is 0 Å². The molecule has 1 aromatic rings. The van der Waals surface area contributed by atoms with Gasteiger partial charge in [0.05, 0.1) is 11.8 Å². The second-order valence-corrected chi connectivity index (χ2v) is 1.66. The highest BCUT2D eigenvalue weighted by Crippen LogP contribution is 2.04. The van der Waals surface area contributed by atoms with Crippen molar-refractivity contribution >= 4 is 17.9 Å². The molecule has 0 spiro atoms. The normalized spacial score (nSPS) is 9.00. The molecule has 0 amide bonds. The van der Waals surface area contributed by atoms with Crippen LogP contribution in [0.3, 0.4) is 0 Å². The summed E-state index contributed by atoms with van der Waals surface area (Å²) in [4.78, 5) is 10.0. The zero-order chi connectivity index (χ0) is 6.69. The number of halogens is 1. The molecule has 0 radical (unpaired) electrons. The number of carbonyl (C=O) groups is 1. The fraction of sp³-hybridized carbons (Fsp3) is 0. The SMILES string of the molecule is O=Cc1cnnnc1Cl. The lowest BCUT2D eigenvalue weighted by Gasteiger charge is -1.86. The Morgan fingerprint density at radius 2 is 2.44 bits per heavy atom. The van der Waals surface area contributed by atoms with E-state index in [9.17, 15) is 4.79 Å². The van der Waals surface area contributed by atoms with Crippen molar-refractivity contribution < 1.29 is 4.79 Å². The molecular formula is C4H2ClN3O. The summed E-state index contributed by atoms with van der Waals surface area (Å²) in [5.41, 5.74) is 0.256. The van der Waals surface area contributed by atoms with Crippen molar-refractivity contribution in [2.75, 3.05) is 0 Å². The van der Waals surface area contributed by atoms with Crippen LogP contribution < -0.4 is 0 Å². The zero-order valence-electron chi connectivity index (χ0n) is 4.28. The summed E-state index contributed by atoms with van der Waals surface area (Å²) in [7, 11) is 0. The number of rotatable bonds is 1. The maximum atomic E-state index is 10.0. The van der Waals surface area contributed by atoms with Crippen LogP contribution in [-0.4, -0.2) is 21.7 Å². The maximum absolute atomic E-state index is 10.0. The molecule has 46 valence electrons. The molecule has 0 aromatic carbocycles. The minimum Gasteiger partial charge on any atom is -0.298 e. The first-order chi connectivity index (χ1) is 4.34. The molecule has 0 bridgehead atoms. The third-order valence-electron chi connectivity index (χ3n) is 0.746. The first-order valence-electron chi connectivity index (χ1n) is 2.13. The monoisotopic (exact) mass is 143 g/mol. The summed E-state index contributed by atoms with van der Waals surface area (Å²) in [6, 6.07) is 0. The van der Waals surface area contributed by atoms with Crippen molar-refractivity contribution in [2.45, 2.75) is 0 Å². The van der Waals surface area contributed by atoms with Crippen LogP contribution in [0.5, 0.6) is 0 Å². The number of carbonyl (C=O) groups excluding carboxylic acids is 1. The van der Waals surface area contributed by atoms with E-state index in [1.54, 1.807) is 0 Å². The van der Waals surface area contributed by atoms with Gasteiger partial charge in [-0.1, -0.05) is 11.6 Å². The Morgan fingerprint density at radius 1 is 1.67 bits per heavy atom. The minimum atomic E-state index is 0.0833. The minimum absolute atomic E-state index is 0.0833. The molecule has 4 nitrogen and oxygen atoms in total. The molecule has 0 fully saturated rings. The van der Waals surface area contributed by atoms with Crippen LogP contribution in [0, 0.1) is 0 Å². The van der Waals surface area contributed by atoms with Gasteiger partial charge in [-0.05, 0) is 5.21 Å². The molecule has 0 saturated carbocycles. The Labute approximate surface area is 55.9 Å². The molecule has 0 N–H and O–H groups in total. The van der Waals surface area contributed by atoms with Crippen LogP contribution in [0.25, 0.3) is 0 Å². The van der Waals surface area contributed by atoms with E-state index in [2.05, 4.69) is 15.4 Å². The first kappa shape index (κ1) is 6.10. The first-order valence-corrected chi connectivity index (χ1v) is 2.51. The molecule has 0 unspecified atom stereocenters. The summed E-state index contributed by atoms with van der Waals surface area (Å²) >= 11 is 5.38. The van der Waals surface area contributed by atoms with Gasteiger partial charge in [0.1, 0.15) is 0 Å². The maximum Gasteiger partial charge on any atom is 0.165 e. The Balaban J connectivity index is 3.15. The van der Waals surface area contributed by atoms with Gasteiger partial charge in [0.25, 0.3) is 0 Å². The van der Waals surface area contributed by atoms with Crippen LogP contribution in [0.4, 0.5) is 0 Å². The van der Waals surface area contributed by atoms with E-state index < -0.39 is 0 Å². The highest BCUT2D eigenvalue weighted by molar-refractivity contribution is 6.31. The molecule has 1 rings (SSSR count). The predicted molar refractivity (Wildman–Crippen MR) is 30.2 cm³/mol. The van der Waals surface area contributed by atoms with E-state index >= 15 is 0 Å². The molecule has 0 saturated heterocycles. The van der Waals surface area contributed by atoms with Crippen molar-refractivity contribution in [2.24, 2.45) is 0 Å². The number of aldehydes is 1. The van der Waals surface area contributed by atoms with E-state index in [0.717, 1.165) is 0 Å². The van der Waals surface area contributed by atoms with Crippen molar-refractivity contribution in [3.8, 4) is 0 Å². The van der Waals surface area contributed by atoms with Gasteiger partial charge < -0.3 is 0 Å². The Hall–Kier alpha value is -1.03. The van der Waals surface area contributed by atoms with Gasteiger partial charge in [-0.25, -0.2) is 0 Å². The molecule has 5 heteroatoms. The third kappa shape index (κ3) is 1.20. The van der Waals surface area contributed by atoms with Crippen LogP contribution >= 0.6 is 11.6 Å². The van der Waals surface area contributed by atoms with E-state index in [1.807, 2.05) is 0 Å². The molecule has 0 atom stereocenters. The Morgan fingerprint density at radius 3 is 2.89 bits per heavy atom. The van der Waals surface area contributed by atoms with E-state index in [-0.39, 0.29) is 10.7 Å². The van der Waals surface area contributed by atoms with E-state index in [4.69, 9.17) is 11.6 Å². The lowest BCUT2D eigenvalue weighted by atomic mass is 10.4. The molecule has 0 aliphatic rings. The lowest BCUT2D eigenvalue weighted by Crippen LogP contribution is -1.91. The third-order valence-corrected chi connectivity index (χ3v) is 1.04. The molecule has 0 aliphatic carbocycles. The van der Waals surface area contributed by atoms with Gasteiger partial charge in [0, 0.05) is 0 Å². The summed E-state index contributed by atoms with van der Waals surface area (Å²) in [5, 5.41) is 9.95. The van der Waals surface area contributed by atoms with E-state index in [0.29, 0.717) is 6.29 Å². The Bertz CT molecular complexity index is 227. The number of hydrogen-bond donors (Lipinski definition) is 0. The topological polar surface area (TPSA) is 55.7 Å². The molecular weight excluding hydrogens is 142 g/mol. The summed E-state index contributed by atoms with van der Waals surface area (Å²) in [6.07, 6.45) is 1.83. The molecule has 0 aliphatic heterocycles. The molecule has 1 aromatic heterocycles. The number of nitrogens with zero attached hydrogens (tertiary/aromatic N) is 3. The van der Waals surface area contributed by atoms with Gasteiger partial charge in [-0.15, -0.1) is 10.2 Å². The predicted octanol–water partition coefficient (Wildman–Crippen LogP) is 0.338. The highest BCUT2D eigenvalue weighted by atomic mass is 35.5. The van der Waals surface area contributed by atoms with Crippen molar-refractivity contribution in [1.82, 2.24) is 15.4 Å². The van der Waals surface area contributed by atoms with Gasteiger partial charge >= 0.3 is 0 Å². The van der Waals surface area contributed by atoms with Crippen molar-refractivity contribution in [3.63, 3.8) is 0 Å². The fourth-order valence-corrected chi connectivity index (χ4v) is 0.470. The second kappa shape index (κ2) is 2.50.